The molecule has 0 fully saturated rings. The molecule has 1 heterocycles. The van der Waals surface area contributed by atoms with Crippen LogP contribution in [-0.4, -0.2) is 22.1 Å². The SMILES string of the molecule is Cc1c(CC(N)=O)c(=O)n(Cc2cccc(C(=N)N)c2)c2cc(Oc3cccc(C(=N)N)c3)ccc12. The summed E-state index contributed by atoms with van der Waals surface area (Å²) in [6.45, 7) is 1.98. The number of ether oxygens (including phenoxy) is 1. The van der Waals surface area contributed by atoms with Crippen molar-refractivity contribution in [1.82, 2.24) is 4.57 Å². The lowest BCUT2D eigenvalue weighted by Crippen LogP contribution is -2.29. The Bertz CT molecular complexity index is 1590. The molecule has 0 spiro atoms. The second-order valence-corrected chi connectivity index (χ2v) is 8.47. The van der Waals surface area contributed by atoms with Gasteiger partial charge < -0.3 is 26.5 Å². The molecule has 0 saturated carbocycles. The highest BCUT2D eigenvalue weighted by Gasteiger charge is 2.17. The van der Waals surface area contributed by atoms with Crippen LogP contribution in [0.2, 0.25) is 0 Å². The summed E-state index contributed by atoms with van der Waals surface area (Å²) in [5, 5.41) is 16.1. The van der Waals surface area contributed by atoms with Gasteiger partial charge in [-0.1, -0.05) is 30.3 Å². The zero-order valence-electron chi connectivity index (χ0n) is 19.7. The molecular weight excluding hydrogens is 456 g/mol. The monoisotopic (exact) mass is 482 g/mol. The number of nitrogens with zero attached hydrogens (tertiary/aromatic N) is 1. The number of carbonyl (C=O) groups excluding carboxylic acids is 1. The van der Waals surface area contributed by atoms with Gasteiger partial charge in [0, 0.05) is 28.1 Å². The zero-order valence-corrected chi connectivity index (χ0v) is 19.7. The van der Waals surface area contributed by atoms with Gasteiger partial charge in [0.2, 0.25) is 5.91 Å². The van der Waals surface area contributed by atoms with Gasteiger partial charge in [0.15, 0.2) is 0 Å². The molecule has 0 radical (unpaired) electrons. The maximum absolute atomic E-state index is 13.6. The van der Waals surface area contributed by atoms with Crippen molar-refractivity contribution in [3.63, 3.8) is 0 Å². The predicted molar refractivity (Wildman–Crippen MR) is 140 cm³/mol. The first-order valence-corrected chi connectivity index (χ1v) is 11.1. The van der Waals surface area contributed by atoms with Crippen molar-refractivity contribution in [3.8, 4) is 11.5 Å². The molecule has 4 aromatic rings. The molecular formula is C27H26N6O3. The number of benzene rings is 3. The topological polar surface area (TPSA) is 174 Å². The molecule has 9 nitrogen and oxygen atoms in total. The van der Waals surface area contributed by atoms with Gasteiger partial charge in [-0.3, -0.25) is 20.4 Å². The first-order valence-electron chi connectivity index (χ1n) is 11.1. The van der Waals surface area contributed by atoms with E-state index in [4.69, 9.17) is 32.8 Å². The molecule has 0 unspecified atom stereocenters. The van der Waals surface area contributed by atoms with E-state index in [1.807, 2.05) is 12.1 Å². The summed E-state index contributed by atoms with van der Waals surface area (Å²) in [6, 6.07) is 19.3. The second kappa shape index (κ2) is 9.75. The summed E-state index contributed by atoms with van der Waals surface area (Å²) in [6.07, 6.45) is -0.176. The molecule has 0 aliphatic carbocycles. The summed E-state index contributed by atoms with van der Waals surface area (Å²) in [7, 11) is 0. The highest BCUT2D eigenvalue weighted by Crippen LogP contribution is 2.29. The standard InChI is InChI=1S/C27H26N6O3/c1-15-21-9-8-20(36-19-7-3-6-18(11-19)26(31)32)12-23(21)33(27(35)22(15)13-24(28)34)14-16-4-2-5-17(10-16)25(29)30/h2-12H,13-14H2,1H3,(H2,28,34)(H3,29,30)(H3,31,32). The van der Waals surface area contributed by atoms with Crippen molar-refractivity contribution in [3.05, 3.63) is 105 Å². The highest BCUT2D eigenvalue weighted by molar-refractivity contribution is 5.95. The van der Waals surface area contributed by atoms with E-state index in [0.29, 0.717) is 39.3 Å². The molecule has 9 heteroatoms. The van der Waals surface area contributed by atoms with Gasteiger partial charge in [-0.2, -0.15) is 0 Å². The molecule has 0 aliphatic rings. The average Bonchev–Trinajstić information content (AvgIpc) is 2.84. The summed E-state index contributed by atoms with van der Waals surface area (Å²) >= 11 is 0. The van der Waals surface area contributed by atoms with Crippen molar-refractivity contribution in [2.75, 3.05) is 0 Å². The lowest BCUT2D eigenvalue weighted by Gasteiger charge is -2.17. The molecule has 1 aromatic heterocycles. The maximum atomic E-state index is 13.6. The first kappa shape index (κ1) is 24.2. The van der Waals surface area contributed by atoms with Crippen molar-refractivity contribution < 1.29 is 9.53 Å². The molecule has 0 bridgehead atoms. The molecule has 0 saturated heterocycles. The van der Waals surface area contributed by atoms with Crippen molar-refractivity contribution in [2.45, 2.75) is 19.9 Å². The number of carbonyl (C=O) groups is 1. The fourth-order valence-electron chi connectivity index (χ4n) is 4.13. The number of nitrogens with two attached hydrogens (primary N) is 3. The first-order chi connectivity index (χ1) is 17.1. The Kier molecular flexibility index (Phi) is 6.56. The minimum absolute atomic E-state index is 0.0711. The lowest BCUT2D eigenvalue weighted by atomic mass is 10.0. The third kappa shape index (κ3) is 4.95. The third-order valence-corrected chi connectivity index (χ3v) is 5.93. The quantitative estimate of drug-likeness (QED) is 0.191. The number of hydrogen-bond donors (Lipinski definition) is 5. The molecule has 0 aliphatic heterocycles. The van der Waals surface area contributed by atoms with Crippen LogP contribution in [0.25, 0.3) is 10.9 Å². The number of nitrogen functional groups attached to an aromatic ring is 2. The number of amides is 1. The Morgan fingerprint density at radius 1 is 0.889 bits per heavy atom. The number of aromatic nitrogens is 1. The normalized spacial score (nSPS) is 10.8. The van der Waals surface area contributed by atoms with Gasteiger partial charge in [0.1, 0.15) is 23.2 Å². The Morgan fingerprint density at radius 3 is 2.19 bits per heavy atom. The van der Waals surface area contributed by atoms with Crippen LogP contribution in [0.3, 0.4) is 0 Å². The Hall–Kier alpha value is -4.92. The molecule has 36 heavy (non-hydrogen) atoms. The minimum atomic E-state index is -0.593. The molecule has 1 amide bonds. The van der Waals surface area contributed by atoms with Crippen LogP contribution >= 0.6 is 0 Å². The number of pyridine rings is 1. The molecule has 3 aromatic carbocycles. The summed E-state index contributed by atoms with van der Waals surface area (Å²) in [4.78, 5) is 25.3. The highest BCUT2D eigenvalue weighted by atomic mass is 16.5. The minimum Gasteiger partial charge on any atom is -0.457 e. The number of primary amides is 1. The predicted octanol–water partition coefficient (Wildman–Crippen LogP) is 2.75. The molecule has 182 valence electrons. The Morgan fingerprint density at radius 2 is 1.53 bits per heavy atom. The number of hydrogen-bond acceptors (Lipinski definition) is 5. The lowest BCUT2D eigenvalue weighted by molar-refractivity contribution is -0.117. The second-order valence-electron chi connectivity index (χ2n) is 8.47. The number of amidine groups is 2. The maximum Gasteiger partial charge on any atom is 0.255 e. The number of rotatable bonds is 8. The van der Waals surface area contributed by atoms with Gasteiger partial charge in [-0.15, -0.1) is 0 Å². The number of nitrogens with one attached hydrogen (secondary N) is 2. The molecule has 8 N–H and O–H groups in total. The van der Waals surface area contributed by atoms with Gasteiger partial charge in [-0.25, -0.2) is 0 Å². The van der Waals surface area contributed by atoms with Crippen LogP contribution in [-0.2, 0) is 17.8 Å². The van der Waals surface area contributed by atoms with E-state index in [0.717, 1.165) is 10.9 Å². The molecule has 4 rings (SSSR count). The fourth-order valence-corrected chi connectivity index (χ4v) is 4.13. The summed E-state index contributed by atoms with van der Waals surface area (Å²) in [5.41, 5.74) is 19.8. The van der Waals surface area contributed by atoms with E-state index in [1.165, 1.54) is 0 Å². The van der Waals surface area contributed by atoms with E-state index >= 15 is 0 Å². The Balaban J connectivity index is 1.87. The van der Waals surface area contributed by atoms with E-state index in [-0.39, 0.29) is 30.2 Å². The van der Waals surface area contributed by atoms with Crippen LogP contribution < -0.4 is 27.5 Å². The third-order valence-electron chi connectivity index (χ3n) is 5.93. The molecule has 0 atom stereocenters. The van der Waals surface area contributed by atoms with E-state index in [9.17, 15) is 9.59 Å². The van der Waals surface area contributed by atoms with Crippen LogP contribution in [0, 0.1) is 17.7 Å². The van der Waals surface area contributed by atoms with Crippen molar-refractivity contribution >= 4 is 28.5 Å². The van der Waals surface area contributed by atoms with Crippen molar-refractivity contribution in [2.24, 2.45) is 17.2 Å². The van der Waals surface area contributed by atoms with Gasteiger partial charge >= 0.3 is 0 Å². The van der Waals surface area contributed by atoms with E-state index in [2.05, 4.69) is 0 Å². The van der Waals surface area contributed by atoms with Gasteiger partial charge in [-0.05, 0) is 48.4 Å². The summed E-state index contributed by atoms with van der Waals surface area (Å²) < 4.78 is 7.59. The van der Waals surface area contributed by atoms with Gasteiger partial charge in [0.25, 0.3) is 5.56 Å². The Labute approximate surface area is 207 Å². The van der Waals surface area contributed by atoms with Crippen LogP contribution in [0.1, 0.15) is 27.8 Å². The largest absolute Gasteiger partial charge is 0.457 e. The summed E-state index contributed by atoms with van der Waals surface area (Å²) in [5.74, 6) is 0.238. The van der Waals surface area contributed by atoms with Gasteiger partial charge in [0.05, 0.1) is 18.5 Å². The number of fused-ring (bicyclic) bond motifs is 1. The van der Waals surface area contributed by atoms with Crippen molar-refractivity contribution in [1.29, 1.82) is 10.8 Å². The van der Waals surface area contributed by atoms with Crippen LogP contribution in [0.4, 0.5) is 0 Å². The van der Waals surface area contributed by atoms with E-state index in [1.54, 1.807) is 66.1 Å². The van der Waals surface area contributed by atoms with Crippen LogP contribution in [0.5, 0.6) is 11.5 Å². The fraction of sp³-hybridized carbons (Fsp3) is 0.111. The smallest absolute Gasteiger partial charge is 0.255 e. The number of aryl methyl sites for hydroxylation is 1. The average molecular weight is 483 g/mol. The van der Waals surface area contributed by atoms with E-state index < -0.39 is 5.91 Å². The zero-order chi connectivity index (χ0) is 26.0. The van der Waals surface area contributed by atoms with Crippen LogP contribution in [0.15, 0.2) is 71.5 Å².